The second kappa shape index (κ2) is 4.22. The van der Waals surface area contributed by atoms with E-state index in [-0.39, 0.29) is 5.69 Å². The van der Waals surface area contributed by atoms with Crippen molar-refractivity contribution >= 4 is 11.7 Å². The Hall–Kier alpha value is -1.69. The van der Waals surface area contributed by atoms with Crippen molar-refractivity contribution in [3.05, 3.63) is 29.3 Å². The maximum atomic E-state index is 13.2. The number of halogens is 2. The Morgan fingerprint density at radius 2 is 1.80 bits per heavy atom. The van der Waals surface area contributed by atoms with Crippen LogP contribution in [0.5, 0.6) is 0 Å². The first-order valence-electron chi connectivity index (χ1n) is 4.08. The van der Waals surface area contributed by atoms with Crippen LogP contribution in [0.4, 0.5) is 14.5 Å². The van der Waals surface area contributed by atoms with Crippen molar-refractivity contribution < 1.29 is 18.7 Å². The van der Waals surface area contributed by atoms with E-state index in [1.54, 1.807) is 14.1 Å². The molecule has 4 nitrogen and oxygen atoms in total. The third kappa shape index (κ3) is 2.63. The number of carboxylic acid groups (broad SMARTS) is 1. The van der Waals surface area contributed by atoms with Crippen molar-refractivity contribution in [1.29, 1.82) is 0 Å². The van der Waals surface area contributed by atoms with Gasteiger partial charge in [0, 0.05) is 14.1 Å². The lowest BCUT2D eigenvalue weighted by Crippen LogP contribution is -2.21. The maximum absolute atomic E-state index is 13.2. The lowest BCUT2D eigenvalue weighted by molar-refractivity contribution is 0.0696. The average Bonchev–Trinajstić information content (AvgIpc) is 2.10. The third-order valence-corrected chi connectivity index (χ3v) is 1.62. The number of rotatable bonds is 3. The minimum atomic E-state index is -1.37. The van der Waals surface area contributed by atoms with Crippen LogP contribution in [0.3, 0.4) is 0 Å². The minimum Gasteiger partial charge on any atom is -0.478 e. The second-order valence-electron chi connectivity index (χ2n) is 3.13. The zero-order valence-corrected chi connectivity index (χ0v) is 8.21. The van der Waals surface area contributed by atoms with E-state index in [0.717, 1.165) is 12.1 Å². The SMILES string of the molecule is CN(C)Nc1c(F)cc(C(=O)O)cc1F. The molecule has 0 bridgehead atoms. The molecular formula is C9H10F2N2O2. The molecule has 0 saturated heterocycles. The molecule has 0 saturated carbocycles. The normalized spacial score (nSPS) is 10.5. The number of carbonyl (C=O) groups is 1. The van der Waals surface area contributed by atoms with Gasteiger partial charge in [0.15, 0.2) is 11.6 Å². The maximum Gasteiger partial charge on any atom is 0.335 e. The van der Waals surface area contributed by atoms with Gasteiger partial charge in [-0.3, -0.25) is 0 Å². The number of hydrogen-bond acceptors (Lipinski definition) is 3. The lowest BCUT2D eigenvalue weighted by Gasteiger charge is -2.15. The molecule has 0 spiro atoms. The Morgan fingerprint density at radius 3 is 2.13 bits per heavy atom. The molecule has 2 N–H and O–H groups in total. The number of nitrogens with one attached hydrogen (secondary N) is 1. The molecule has 6 heteroatoms. The molecule has 82 valence electrons. The summed E-state index contributed by atoms with van der Waals surface area (Å²) in [7, 11) is 3.12. The number of anilines is 1. The third-order valence-electron chi connectivity index (χ3n) is 1.62. The summed E-state index contributed by atoms with van der Waals surface area (Å²) in [5.41, 5.74) is 1.61. The van der Waals surface area contributed by atoms with Crippen LogP contribution >= 0.6 is 0 Å². The zero-order chi connectivity index (χ0) is 11.6. The van der Waals surface area contributed by atoms with Crippen molar-refractivity contribution in [2.45, 2.75) is 0 Å². The first-order valence-corrected chi connectivity index (χ1v) is 4.08. The molecule has 0 heterocycles. The highest BCUT2D eigenvalue weighted by Crippen LogP contribution is 2.20. The molecule has 0 radical (unpaired) electrons. The van der Waals surface area contributed by atoms with Gasteiger partial charge in [-0.25, -0.2) is 18.6 Å². The van der Waals surface area contributed by atoms with Gasteiger partial charge in [-0.2, -0.15) is 0 Å². The molecule has 1 aromatic carbocycles. The van der Waals surface area contributed by atoms with Crippen molar-refractivity contribution in [2.75, 3.05) is 19.5 Å². The highest BCUT2D eigenvalue weighted by molar-refractivity contribution is 5.88. The van der Waals surface area contributed by atoms with E-state index in [4.69, 9.17) is 5.11 Å². The Kier molecular flexibility index (Phi) is 3.21. The van der Waals surface area contributed by atoms with Crippen molar-refractivity contribution in [1.82, 2.24) is 5.01 Å². The average molecular weight is 216 g/mol. The largest absolute Gasteiger partial charge is 0.478 e. The Morgan fingerprint density at radius 1 is 1.33 bits per heavy atom. The van der Waals surface area contributed by atoms with Crippen LogP contribution in [-0.4, -0.2) is 30.2 Å². The molecule has 0 unspecified atom stereocenters. The van der Waals surface area contributed by atoms with Crippen molar-refractivity contribution in [3.63, 3.8) is 0 Å². The van der Waals surface area contributed by atoms with Crippen molar-refractivity contribution in [3.8, 4) is 0 Å². The van der Waals surface area contributed by atoms with Gasteiger partial charge in [-0.15, -0.1) is 0 Å². The standard InChI is InChI=1S/C9H10F2N2O2/c1-13(2)12-8-6(10)3-5(9(14)15)4-7(8)11/h3-4,12H,1-2H3,(H,14,15). The number of benzene rings is 1. The van der Waals surface area contributed by atoms with Crippen LogP contribution in [0.15, 0.2) is 12.1 Å². The molecule has 0 aliphatic heterocycles. The fraction of sp³-hybridized carbons (Fsp3) is 0.222. The van der Waals surface area contributed by atoms with Gasteiger partial charge in [-0.1, -0.05) is 0 Å². The monoisotopic (exact) mass is 216 g/mol. The lowest BCUT2D eigenvalue weighted by atomic mass is 10.2. The van der Waals surface area contributed by atoms with Gasteiger partial charge in [0.2, 0.25) is 0 Å². The molecule has 0 fully saturated rings. The number of carboxylic acids is 1. The summed E-state index contributed by atoms with van der Waals surface area (Å²) < 4.78 is 26.5. The quantitative estimate of drug-likeness (QED) is 0.753. The smallest absolute Gasteiger partial charge is 0.335 e. The van der Waals surface area contributed by atoms with E-state index in [0.29, 0.717) is 0 Å². The topological polar surface area (TPSA) is 52.6 Å². The first kappa shape index (κ1) is 11.4. The summed E-state index contributed by atoms with van der Waals surface area (Å²) in [6.07, 6.45) is 0. The van der Waals surface area contributed by atoms with E-state index < -0.39 is 23.2 Å². The first-order chi connectivity index (χ1) is 6.91. The van der Waals surface area contributed by atoms with E-state index in [9.17, 15) is 13.6 Å². The Labute approximate surface area is 85.1 Å². The summed E-state index contributed by atoms with van der Waals surface area (Å²) in [5, 5.41) is 9.89. The number of hydrogen-bond donors (Lipinski definition) is 2. The van der Waals surface area contributed by atoms with Crippen LogP contribution in [-0.2, 0) is 0 Å². The van der Waals surface area contributed by atoms with Crippen LogP contribution in [0.2, 0.25) is 0 Å². The highest BCUT2D eigenvalue weighted by atomic mass is 19.1. The van der Waals surface area contributed by atoms with Crippen LogP contribution in [0, 0.1) is 11.6 Å². The predicted molar refractivity (Wildman–Crippen MR) is 50.6 cm³/mol. The second-order valence-corrected chi connectivity index (χ2v) is 3.13. The molecule has 0 amide bonds. The number of hydrazine groups is 1. The molecule has 1 aromatic rings. The molecule has 15 heavy (non-hydrogen) atoms. The molecule has 0 aliphatic carbocycles. The number of aromatic carboxylic acids is 1. The Balaban J connectivity index is 3.15. The van der Waals surface area contributed by atoms with Gasteiger partial charge >= 0.3 is 5.97 Å². The summed E-state index contributed by atoms with van der Waals surface area (Å²) in [5.74, 6) is -3.26. The molecule has 1 rings (SSSR count). The Bertz CT molecular complexity index is 371. The fourth-order valence-corrected chi connectivity index (χ4v) is 1.03. The fourth-order valence-electron chi connectivity index (χ4n) is 1.03. The van der Waals surface area contributed by atoms with Crippen LogP contribution < -0.4 is 5.43 Å². The van der Waals surface area contributed by atoms with E-state index in [1.165, 1.54) is 5.01 Å². The molecular weight excluding hydrogens is 206 g/mol. The van der Waals surface area contributed by atoms with E-state index in [2.05, 4.69) is 5.43 Å². The summed E-state index contributed by atoms with van der Waals surface area (Å²) >= 11 is 0. The van der Waals surface area contributed by atoms with Gasteiger partial charge in [-0.05, 0) is 12.1 Å². The minimum absolute atomic E-state index is 0.370. The summed E-state index contributed by atoms with van der Waals surface area (Å²) in [6.45, 7) is 0. The van der Waals surface area contributed by atoms with E-state index >= 15 is 0 Å². The van der Waals surface area contributed by atoms with Gasteiger partial charge in [0.25, 0.3) is 0 Å². The highest BCUT2D eigenvalue weighted by Gasteiger charge is 2.14. The molecule has 0 aliphatic rings. The summed E-state index contributed by atoms with van der Waals surface area (Å²) in [4.78, 5) is 10.5. The zero-order valence-electron chi connectivity index (χ0n) is 8.21. The number of nitrogens with zero attached hydrogens (tertiary/aromatic N) is 1. The van der Waals surface area contributed by atoms with Crippen molar-refractivity contribution in [2.24, 2.45) is 0 Å². The molecule has 0 atom stereocenters. The summed E-state index contributed by atoms with van der Waals surface area (Å²) in [6, 6.07) is 1.52. The van der Waals surface area contributed by atoms with Crippen LogP contribution in [0.25, 0.3) is 0 Å². The van der Waals surface area contributed by atoms with Gasteiger partial charge in [0.05, 0.1) is 5.56 Å². The van der Waals surface area contributed by atoms with Gasteiger partial charge < -0.3 is 10.5 Å². The predicted octanol–water partition coefficient (Wildman–Crippen LogP) is 1.55. The van der Waals surface area contributed by atoms with E-state index in [1.807, 2.05) is 0 Å². The molecule has 0 aromatic heterocycles. The van der Waals surface area contributed by atoms with Crippen LogP contribution in [0.1, 0.15) is 10.4 Å². The van der Waals surface area contributed by atoms with Gasteiger partial charge in [0.1, 0.15) is 5.69 Å².